The maximum absolute atomic E-state index is 11.6. The molecule has 1 aromatic carbocycles. The summed E-state index contributed by atoms with van der Waals surface area (Å²) in [5, 5.41) is 6.84. The van der Waals surface area contributed by atoms with Gasteiger partial charge in [0.05, 0.1) is 5.69 Å². The summed E-state index contributed by atoms with van der Waals surface area (Å²) in [7, 11) is 0. The Morgan fingerprint density at radius 1 is 0.864 bits per heavy atom. The molecular weight excluding hydrogens is 272 g/mol. The van der Waals surface area contributed by atoms with Crippen LogP contribution in [0.15, 0.2) is 30.3 Å². The van der Waals surface area contributed by atoms with Gasteiger partial charge in [-0.1, -0.05) is 82.9 Å². The van der Waals surface area contributed by atoms with Crippen LogP contribution in [0.4, 0.5) is 10.5 Å². The average molecular weight is 303 g/mol. The summed E-state index contributed by atoms with van der Waals surface area (Å²) in [5.41, 5.74) is 0.711. The van der Waals surface area contributed by atoms with Crippen LogP contribution in [0, 0.1) is 0 Å². The lowest BCUT2D eigenvalue weighted by Crippen LogP contribution is -2.28. The van der Waals surface area contributed by atoms with Gasteiger partial charge in [0, 0.05) is 6.54 Å². The van der Waals surface area contributed by atoms with Gasteiger partial charge in [0.25, 0.3) is 0 Å². The molecule has 0 heterocycles. The van der Waals surface area contributed by atoms with E-state index in [0.717, 1.165) is 13.0 Å². The van der Waals surface area contributed by atoms with Gasteiger partial charge in [-0.05, 0) is 18.6 Å². The molecule has 1 aromatic rings. The molecule has 3 heteroatoms. The van der Waals surface area contributed by atoms with Crippen molar-refractivity contribution in [3.05, 3.63) is 30.3 Å². The molecule has 0 aliphatic carbocycles. The van der Waals surface area contributed by atoms with Crippen LogP contribution < -0.4 is 10.6 Å². The molecule has 0 fully saturated rings. The maximum Gasteiger partial charge on any atom is 0.341 e. The number of benzene rings is 1. The van der Waals surface area contributed by atoms with Crippen molar-refractivity contribution >= 4 is 11.7 Å². The maximum atomic E-state index is 11.6. The monoisotopic (exact) mass is 303 g/mol. The second-order valence-corrected chi connectivity index (χ2v) is 5.86. The number of amides is 2. The molecule has 1 N–H and O–H groups in total. The molecule has 2 amide bonds. The Morgan fingerprint density at radius 2 is 1.41 bits per heavy atom. The Kier molecular flexibility index (Phi) is 11.1. The van der Waals surface area contributed by atoms with Gasteiger partial charge in [-0.25, -0.2) is 4.79 Å². The zero-order valence-electron chi connectivity index (χ0n) is 14.0. The highest BCUT2D eigenvalue weighted by Crippen LogP contribution is 2.10. The van der Waals surface area contributed by atoms with E-state index in [9.17, 15) is 4.79 Å². The number of hydrogen-bond acceptors (Lipinski definition) is 1. The Morgan fingerprint density at radius 3 is 2.00 bits per heavy atom. The van der Waals surface area contributed by atoms with E-state index in [2.05, 4.69) is 17.6 Å². The molecule has 0 saturated heterocycles. The Balaban J connectivity index is 1.86. The Labute approximate surface area is 135 Å². The van der Waals surface area contributed by atoms with Crippen molar-refractivity contribution in [2.24, 2.45) is 0 Å². The molecule has 123 valence electrons. The Bertz CT molecular complexity index is 378. The lowest BCUT2D eigenvalue weighted by Gasteiger charge is -2.05. The number of carbonyl (C=O) groups excluding carboxylic acids is 1. The van der Waals surface area contributed by atoms with E-state index in [-0.39, 0.29) is 6.03 Å². The summed E-state index contributed by atoms with van der Waals surface area (Å²) in [6, 6.07) is 9.12. The highest BCUT2D eigenvalue weighted by Gasteiger charge is 2.02. The molecule has 22 heavy (non-hydrogen) atoms. The third-order valence-electron chi connectivity index (χ3n) is 3.79. The summed E-state index contributed by atoms with van der Waals surface area (Å²) in [5.74, 6) is 0. The average Bonchev–Trinajstić information content (AvgIpc) is 2.53. The predicted octanol–water partition coefficient (Wildman–Crippen LogP) is 5.55. The SMILES string of the molecule is CCCCCCCCCCCCNC(=O)[N]c1ccccc1. The number of unbranched alkanes of at least 4 members (excludes halogenated alkanes) is 9. The van der Waals surface area contributed by atoms with Gasteiger partial charge in [-0.2, -0.15) is 5.32 Å². The molecule has 0 bridgehead atoms. The number of nitrogens with zero attached hydrogens (tertiary/aromatic N) is 1. The molecule has 0 saturated carbocycles. The van der Waals surface area contributed by atoms with Crippen LogP contribution >= 0.6 is 0 Å². The summed E-state index contributed by atoms with van der Waals surface area (Å²) < 4.78 is 0. The fourth-order valence-electron chi connectivity index (χ4n) is 2.47. The van der Waals surface area contributed by atoms with Gasteiger partial charge in [-0.3, -0.25) is 0 Å². The molecule has 0 atom stereocenters. The van der Waals surface area contributed by atoms with E-state index >= 15 is 0 Å². The highest BCUT2D eigenvalue weighted by molar-refractivity contribution is 5.78. The van der Waals surface area contributed by atoms with Gasteiger partial charge < -0.3 is 5.32 Å². The normalized spacial score (nSPS) is 10.4. The lowest BCUT2D eigenvalue weighted by molar-refractivity contribution is 0.243. The van der Waals surface area contributed by atoms with Gasteiger partial charge in [0.1, 0.15) is 0 Å². The number of rotatable bonds is 12. The molecule has 1 radical (unpaired) electrons. The van der Waals surface area contributed by atoms with Crippen molar-refractivity contribution in [1.82, 2.24) is 10.6 Å². The zero-order valence-corrected chi connectivity index (χ0v) is 14.0. The van der Waals surface area contributed by atoms with Crippen LogP contribution in [0.1, 0.15) is 71.1 Å². The van der Waals surface area contributed by atoms with Crippen molar-refractivity contribution < 1.29 is 4.79 Å². The van der Waals surface area contributed by atoms with Crippen LogP contribution in [0.2, 0.25) is 0 Å². The van der Waals surface area contributed by atoms with Crippen molar-refractivity contribution in [2.75, 3.05) is 6.54 Å². The van der Waals surface area contributed by atoms with Crippen molar-refractivity contribution in [3.8, 4) is 0 Å². The summed E-state index contributed by atoms with van der Waals surface area (Å²) in [6.07, 6.45) is 13.1. The molecule has 0 aromatic heterocycles. The molecule has 1 rings (SSSR count). The Hall–Kier alpha value is -1.51. The molecule has 0 aliphatic heterocycles. The van der Waals surface area contributed by atoms with Gasteiger partial charge in [-0.15, -0.1) is 0 Å². The van der Waals surface area contributed by atoms with Crippen LogP contribution in [-0.2, 0) is 0 Å². The minimum absolute atomic E-state index is 0.234. The van der Waals surface area contributed by atoms with Gasteiger partial charge in [0.2, 0.25) is 0 Å². The van der Waals surface area contributed by atoms with Crippen LogP contribution in [0.3, 0.4) is 0 Å². The van der Waals surface area contributed by atoms with Crippen LogP contribution in [0.5, 0.6) is 0 Å². The smallest absolute Gasteiger partial charge is 0.336 e. The number of nitrogens with one attached hydrogen (secondary N) is 1. The molecule has 0 unspecified atom stereocenters. The van der Waals surface area contributed by atoms with Crippen molar-refractivity contribution in [1.29, 1.82) is 0 Å². The van der Waals surface area contributed by atoms with E-state index in [4.69, 9.17) is 0 Å². The molecule has 0 aliphatic rings. The summed E-state index contributed by atoms with van der Waals surface area (Å²) in [4.78, 5) is 11.6. The first-order valence-corrected chi connectivity index (χ1v) is 8.87. The quantitative estimate of drug-likeness (QED) is 0.505. The number of para-hydroxylation sites is 1. The number of urea groups is 1. The molecular formula is C19H31N2O. The van der Waals surface area contributed by atoms with E-state index in [1.807, 2.05) is 30.3 Å². The third kappa shape index (κ3) is 10.3. The van der Waals surface area contributed by atoms with Crippen molar-refractivity contribution in [3.63, 3.8) is 0 Å². The largest absolute Gasteiger partial charge is 0.341 e. The standard InChI is InChI=1S/C19H31N2O/c1-2-3-4-5-6-7-8-9-10-14-17-20-19(22)21-18-15-12-11-13-16-18/h11-13,15-16H,2-10,14,17H2,1H3,(H,20,22). The topological polar surface area (TPSA) is 43.2 Å². The van der Waals surface area contributed by atoms with Crippen molar-refractivity contribution in [2.45, 2.75) is 71.1 Å². The summed E-state index contributed by atoms with van der Waals surface area (Å²) in [6.45, 7) is 2.98. The molecule has 0 spiro atoms. The fraction of sp³-hybridized carbons (Fsp3) is 0.632. The predicted molar refractivity (Wildman–Crippen MR) is 93.5 cm³/mol. The van der Waals surface area contributed by atoms with Crippen LogP contribution in [0.25, 0.3) is 0 Å². The highest BCUT2D eigenvalue weighted by atomic mass is 16.2. The van der Waals surface area contributed by atoms with E-state index in [1.165, 1.54) is 57.8 Å². The second-order valence-electron chi connectivity index (χ2n) is 5.86. The second kappa shape index (κ2) is 13.2. The first-order valence-electron chi connectivity index (χ1n) is 8.87. The number of hydrogen-bond donors (Lipinski definition) is 1. The first-order chi connectivity index (χ1) is 10.8. The third-order valence-corrected chi connectivity index (χ3v) is 3.79. The lowest BCUT2D eigenvalue weighted by atomic mass is 10.1. The zero-order chi connectivity index (χ0) is 15.9. The van der Waals surface area contributed by atoms with Crippen LogP contribution in [-0.4, -0.2) is 12.6 Å². The fourth-order valence-corrected chi connectivity index (χ4v) is 2.47. The minimum Gasteiger partial charge on any atom is -0.336 e. The van der Waals surface area contributed by atoms with E-state index in [1.54, 1.807) is 0 Å². The molecule has 3 nitrogen and oxygen atoms in total. The van der Waals surface area contributed by atoms with Gasteiger partial charge in [0.15, 0.2) is 0 Å². The van der Waals surface area contributed by atoms with Gasteiger partial charge >= 0.3 is 6.03 Å². The van der Waals surface area contributed by atoms with E-state index < -0.39 is 0 Å². The minimum atomic E-state index is -0.234. The number of carbonyl (C=O) groups is 1. The van der Waals surface area contributed by atoms with E-state index in [0.29, 0.717) is 5.69 Å². The summed E-state index contributed by atoms with van der Waals surface area (Å²) >= 11 is 0. The first kappa shape index (κ1) is 18.5.